The van der Waals surface area contributed by atoms with E-state index in [-0.39, 0.29) is 30.8 Å². The first kappa shape index (κ1) is 32.6. The van der Waals surface area contributed by atoms with Gasteiger partial charge in [-0.3, -0.25) is 9.78 Å². The highest BCUT2D eigenvalue weighted by Crippen LogP contribution is 2.39. The van der Waals surface area contributed by atoms with Crippen molar-refractivity contribution in [3.8, 4) is 11.5 Å². The maximum atomic E-state index is 15.9. The number of carbonyl (C=O) groups is 1. The van der Waals surface area contributed by atoms with Gasteiger partial charge in [0.2, 0.25) is 0 Å². The van der Waals surface area contributed by atoms with Crippen molar-refractivity contribution in [2.45, 2.75) is 64.7 Å². The van der Waals surface area contributed by atoms with Gasteiger partial charge in [0.25, 0.3) is 0 Å². The lowest BCUT2D eigenvalue weighted by Gasteiger charge is -2.30. The first-order valence-electron chi connectivity index (χ1n) is 15.9. The second-order valence-electron chi connectivity index (χ2n) is 13.8. The van der Waals surface area contributed by atoms with Gasteiger partial charge < -0.3 is 10.1 Å². The summed E-state index contributed by atoms with van der Waals surface area (Å²) >= 11 is 0. The van der Waals surface area contributed by atoms with Gasteiger partial charge in [-0.05, 0) is 77.6 Å². The van der Waals surface area contributed by atoms with Gasteiger partial charge in [-0.1, -0.05) is 50.6 Å². The highest BCUT2D eigenvalue weighted by atomic mass is 32.2. The van der Waals surface area contributed by atoms with Gasteiger partial charge in [-0.2, -0.15) is 5.10 Å². The molecule has 0 radical (unpaired) electrons. The maximum Gasteiger partial charge on any atom is 0.307 e. The minimum Gasteiger partial charge on any atom is -0.481 e. The lowest BCUT2D eigenvalue weighted by Crippen LogP contribution is -2.29. The lowest BCUT2D eigenvalue weighted by molar-refractivity contribution is -0.136. The molecule has 0 amide bonds. The van der Waals surface area contributed by atoms with E-state index in [1.165, 1.54) is 6.07 Å². The molecular weight excluding hydrogens is 617 g/mol. The molecule has 0 saturated carbocycles. The molecule has 1 aliphatic heterocycles. The van der Waals surface area contributed by atoms with Crippen LogP contribution in [0.2, 0.25) is 0 Å². The number of nitrogens with zero attached hydrogens (tertiary/aromatic N) is 4. The maximum absolute atomic E-state index is 15.9. The fourth-order valence-corrected chi connectivity index (χ4v) is 9.09. The van der Waals surface area contributed by atoms with E-state index in [0.29, 0.717) is 57.8 Å². The number of H-pyrrole nitrogens is 1. The van der Waals surface area contributed by atoms with Crippen molar-refractivity contribution in [3.63, 3.8) is 0 Å². The van der Waals surface area contributed by atoms with Crippen LogP contribution >= 0.6 is 0 Å². The molecule has 2 N–H and O–H groups in total. The SMILES string of the molecule is Cn1nc2nc1-c1cc(ccn1)Cc1c(F)cc3[nH]cc(CC(=O)O)c3c1CCS(=O)(=O)CC(C)(C)CCC[C@]2(C)c1ccccc1. The van der Waals surface area contributed by atoms with Crippen LogP contribution in [0.3, 0.4) is 0 Å². The minimum absolute atomic E-state index is 0.0232. The molecule has 0 unspecified atom stereocenters. The Morgan fingerprint density at radius 1 is 1.09 bits per heavy atom. The predicted molar refractivity (Wildman–Crippen MR) is 180 cm³/mol. The van der Waals surface area contributed by atoms with Crippen LogP contribution in [0.15, 0.2) is 60.9 Å². The summed E-state index contributed by atoms with van der Waals surface area (Å²) < 4.78 is 45.1. The number of fused-ring (bicyclic) bond motifs is 8. The molecule has 9 nitrogen and oxygen atoms in total. The van der Waals surface area contributed by atoms with Crippen LogP contribution in [-0.2, 0) is 46.4 Å². The summed E-state index contributed by atoms with van der Waals surface area (Å²) in [5.74, 6) is -0.476. The van der Waals surface area contributed by atoms with Crippen molar-refractivity contribution < 1.29 is 22.7 Å². The minimum atomic E-state index is -3.57. The first-order chi connectivity index (χ1) is 22.2. The second kappa shape index (κ2) is 12.3. The van der Waals surface area contributed by atoms with Crippen molar-refractivity contribution in [1.29, 1.82) is 0 Å². The summed E-state index contributed by atoms with van der Waals surface area (Å²) in [6.45, 7) is 6.08. The highest BCUT2D eigenvalue weighted by Gasteiger charge is 2.35. The van der Waals surface area contributed by atoms with Gasteiger partial charge in [0.15, 0.2) is 21.5 Å². The smallest absolute Gasteiger partial charge is 0.307 e. The Morgan fingerprint density at radius 3 is 2.60 bits per heavy atom. The molecule has 5 aromatic rings. The number of carboxylic acid groups (broad SMARTS) is 1. The molecule has 4 bridgehead atoms. The largest absolute Gasteiger partial charge is 0.481 e. The topological polar surface area (TPSA) is 131 Å². The Kier molecular flexibility index (Phi) is 8.54. The molecule has 3 aromatic heterocycles. The van der Waals surface area contributed by atoms with Crippen molar-refractivity contribution in [2.75, 3.05) is 11.5 Å². The van der Waals surface area contributed by atoms with Crippen molar-refractivity contribution in [1.82, 2.24) is 24.7 Å². The monoisotopic (exact) mass is 657 g/mol. The number of pyridine rings is 1. The number of hydrogen-bond acceptors (Lipinski definition) is 6. The molecule has 0 saturated heterocycles. The number of sulfone groups is 1. The number of halogens is 1. The van der Waals surface area contributed by atoms with E-state index in [1.54, 1.807) is 23.1 Å². The molecule has 1 atom stereocenters. The predicted octanol–water partition coefficient (Wildman–Crippen LogP) is 6.19. The quantitative estimate of drug-likeness (QED) is 0.237. The zero-order valence-corrected chi connectivity index (χ0v) is 28.0. The molecule has 11 heteroatoms. The zero-order valence-electron chi connectivity index (χ0n) is 27.2. The summed E-state index contributed by atoms with van der Waals surface area (Å²) in [7, 11) is -1.74. The van der Waals surface area contributed by atoms with Gasteiger partial charge in [-0.25, -0.2) is 22.5 Å². The van der Waals surface area contributed by atoms with E-state index in [2.05, 4.69) is 29.0 Å². The van der Waals surface area contributed by atoms with Crippen LogP contribution < -0.4 is 0 Å². The summed E-state index contributed by atoms with van der Waals surface area (Å²) in [6, 6.07) is 15.2. The average molecular weight is 658 g/mol. The van der Waals surface area contributed by atoms with Crippen molar-refractivity contribution >= 4 is 26.7 Å². The highest BCUT2D eigenvalue weighted by molar-refractivity contribution is 7.91. The number of aliphatic carboxylic acids is 1. The van der Waals surface area contributed by atoms with Crippen LogP contribution in [0, 0.1) is 11.2 Å². The first-order valence-corrected chi connectivity index (χ1v) is 17.7. The summed E-state index contributed by atoms with van der Waals surface area (Å²) in [4.78, 5) is 24.4. The second-order valence-corrected chi connectivity index (χ2v) is 16.0. The van der Waals surface area contributed by atoms with E-state index < -0.39 is 32.5 Å². The molecule has 47 heavy (non-hydrogen) atoms. The molecule has 1 aliphatic rings. The van der Waals surface area contributed by atoms with E-state index in [9.17, 15) is 18.3 Å². The van der Waals surface area contributed by atoms with Crippen LogP contribution in [-0.4, -0.2) is 55.7 Å². The molecule has 2 aromatic carbocycles. The number of rotatable bonds is 3. The lowest BCUT2D eigenvalue weighted by atomic mass is 9.75. The van der Waals surface area contributed by atoms with Gasteiger partial charge >= 0.3 is 5.97 Å². The van der Waals surface area contributed by atoms with Gasteiger partial charge in [0.1, 0.15) is 11.5 Å². The molecule has 0 spiro atoms. The van der Waals surface area contributed by atoms with E-state index in [1.807, 2.05) is 45.2 Å². The number of nitrogens with one attached hydrogen (secondary N) is 1. The fourth-order valence-electron chi connectivity index (χ4n) is 7.09. The third kappa shape index (κ3) is 6.72. The Balaban J connectivity index is 1.52. The molecule has 246 valence electrons. The summed E-state index contributed by atoms with van der Waals surface area (Å²) in [6.07, 6.45) is 5.28. The number of benzene rings is 2. The number of carboxylic acids is 1. The average Bonchev–Trinajstić information content (AvgIpc) is 3.59. The molecule has 4 heterocycles. The Morgan fingerprint density at radius 2 is 1.85 bits per heavy atom. The molecular formula is C36H40FN5O4S. The number of aromatic nitrogens is 5. The van der Waals surface area contributed by atoms with Gasteiger partial charge in [0.05, 0.1) is 23.3 Å². The van der Waals surface area contributed by atoms with Crippen LogP contribution in [0.4, 0.5) is 4.39 Å². The third-order valence-corrected chi connectivity index (χ3v) is 11.5. The van der Waals surface area contributed by atoms with E-state index >= 15 is 4.39 Å². The number of hydrogen-bond donors (Lipinski definition) is 2. The van der Waals surface area contributed by atoms with Crippen molar-refractivity contribution in [3.05, 3.63) is 100 Å². The molecule has 6 rings (SSSR count). The van der Waals surface area contributed by atoms with Crippen LogP contribution in [0.1, 0.15) is 73.7 Å². The number of aryl methyl sites for hydroxylation is 2. The Bertz CT molecular complexity index is 2070. The zero-order chi connectivity index (χ0) is 33.6. The van der Waals surface area contributed by atoms with Crippen LogP contribution in [0.5, 0.6) is 0 Å². The van der Waals surface area contributed by atoms with Crippen molar-refractivity contribution in [2.24, 2.45) is 12.5 Å². The van der Waals surface area contributed by atoms with E-state index in [0.717, 1.165) is 17.5 Å². The molecule has 0 aliphatic carbocycles. The van der Waals surface area contributed by atoms with Gasteiger partial charge in [-0.15, -0.1) is 0 Å². The third-order valence-electron chi connectivity index (χ3n) is 9.47. The van der Waals surface area contributed by atoms with Gasteiger partial charge in [0, 0.05) is 36.8 Å². The fraction of sp³-hybridized carbons (Fsp3) is 0.389. The summed E-state index contributed by atoms with van der Waals surface area (Å²) in [5, 5.41) is 15.0. The number of aromatic amines is 1. The Labute approximate surface area is 274 Å². The summed E-state index contributed by atoms with van der Waals surface area (Å²) in [5.41, 5.74) is 3.15. The van der Waals surface area contributed by atoms with Crippen LogP contribution in [0.25, 0.3) is 22.4 Å². The standard InChI is InChI=1S/C36H40FN5O4S/c1-35(2)13-8-14-36(3,25-9-6-5-7-10-25)34-40-33(42(4)41-34)30-18-23(11-15-38-30)17-27-26(12-16-47(45,46)22-35)32-24(19-31(43)44)21-39-29(32)20-28(27)37/h5-7,9-11,15,18,20-21,39H,8,12-14,16-17,19,22H2,1-4H3,(H,43,44)/t36-/m1/s1. The molecule has 0 fully saturated rings. The Hall–Kier alpha value is -4.38. The normalized spacial score (nSPS) is 19.9. The van der Waals surface area contributed by atoms with E-state index in [4.69, 9.17) is 10.1 Å².